The normalized spacial score (nSPS) is 21.8. The summed E-state index contributed by atoms with van der Waals surface area (Å²) < 4.78 is 38.9. The minimum Gasteiger partial charge on any atom is -0.470 e. The Hall–Kier alpha value is -3.30. The Morgan fingerprint density at radius 3 is 1.45 bits per heavy atom. The molecule has 5 rings (SSSR count). The topological polar surface area (TPSA) is 55.4 Å². The molecule has 6 nitrogen and oxygen atoms in total. The highest BCUT2D eigenvalue weighted by Crippen LogP contribution is 2.31. The zero-order valence-electron chi connectivity index (χ0n) is 24.7. The largest absolute Gasteiger partial charge is 0.470 e. The molecule has 7 heteroatoms. The summed E-state index contributed by atoms with van der Waals surface area (Å²) in [5.41, 5.74) is 4.23. The fourth-order valence-corrected chi connectivity index (χ4v) is 5.18. The minimum atomic E-state index is -0.753. The number of hydrogen-bond acceptors (Lipinski definition) is 6. The Morgan fingerprint density at radius 1 is 0.545 bits per heavy atom. The fraction of sp³-hybridized carbons (Fsp3) is 0.297. The molecule has 0 spiro atoms. The van der Waals surface area contributed by atoms with Gasteiger partial charge in [-0.3, -0.25) is 0 Å². The van der Waals surface area contributed by atoms with Crippen LogP contribution < -0.4 is 0 Å². The van der Waals surface area contributed by atoms with E-state index in [-0.39, 0.29) is 6.61 Å². The van der Waals surface area contributed by atoms with E-state index in [2.05, 4.69) is 15.9 Å². The highest BCUT2D eigenvalue weighted by molar-refractivity contribution is 9.09. The number of allylic oxidation sites excluding steroid dienone is 1. The van der Waals surface area contributed by atoms with Crippen LogP contribution in [0.25, 0.3) is 0 Å². The van der Waals surface area contributed by atoms with Crippen LogP contribution in [-0.4, -0.2) is 42.6 Å². The quantitative estimate of drug-likeness (QED) is 0.0912. The van der Waals surface area contributed by atoms with Crippen molar-refractivity contribution in [3.05, 3.63) is 156 Å². The molecule has 1 unspecified atom stereocenters. The monoisotopic (exact) mass is 658 g/mol. The van der Waals surface area contributed by atoms with E-state index in [9.17, 15) is 0 Å². The molecule has 0 aliphatic carbocycles. The van der Waals surface area contributed by atoms with E-state index < -0.39 is 30.7 Å². The van der Waals surface area contributed by atoms with Crippen molar-refractivity contribution in [3.63, 3.8) is 0 Å². The van der Waals surface area contributed by atoms with Crippen molar-refractivity contribution >= 4 is 15.9 Å². The van der Waals surface area contributed by atoms with Gasteiger partial charge in [0.05, 0.1) is 39.3 Å². The van der Waals surface area contributed by atoms with Crippen LogP contribution in [0.3, 0.4) is 0 Å². The van der Waals surface area contributed by atoms with Gasteiger partial charge in [0, 0.05) is 5.33 Å². The molecule has 4 aromatic rings. The van der Waals surface area contributed by atoms with Crippen LogP contribution >= 0.6 is 15.9 Å². The van der Waals surface area contributed by atoms with E-state index in [0.29, 0.717) is 31.8 Å². The Morgan fingerprint density at radius 2 is 0.977 bits per heavy atom. The Labute approximate surface area is 268 Å². The van der Waals surface area contributed by atoms with Crippen LogP contribution in [0, 0.1) is 0 Å². The van der Waals surface area contributed by atoms with E-state index in [1.165, 1.54) is 0 Å². The van der Waals surface area contributed by atoms with Gasteiger partial charge in [0.2, 0.25) is 6.29 Å². The van der Waals surface area contributed by atoms with E-state index in [4.69, 9.17) is 28.4 Å². The summed E-state index contributed by atoms with van der Waals surface area (Å²) in [6.07, 6.45) is 0.652. The van der Waals surface area contributed by atoms with Crippen LogP contribution in [0.4, 0.5) is 0 Å². The van der Waals surface area contributed by atoms with E-state index in [1.54, 1.807) is 6.26 Å². The van der Waals surface area contributed by atoms with Gasteiger partial charge < -0.3 is 28.4 Å². The van der Waals surface area contributed by atoms with Crippen LogP contribution in [0.2, 0.25) is 0 Å². The summed E-state index contributed by atoms with van der Waals surface area (Å²) in [4.78, 5) is 0. The number of benzene rings is 4. The summed E-state index contributed by atoms with van der Waals surface area (Å²) in [7, 11) is 0. The second kappa shape index (κ2) is 17.9. The van der Waals surface area contributed by atoms with Crippen LogP contribution in [-0.2, 0) is 54.8 Å². The lowest BCUT2D eigenvalue weighted by molar-refractivity contribution is -0.318. The van der Waals surface area contributed by atoms with Gasteiger partial charge in [-0.15, -0.1) is 0 Å². The first-order valence-corrected chi connectivity index (χ1v) is 16.0. The van der Waals surface area contributed by atoms with Crippen molar-refractivity contribution in [3.8, 4) is 0 Å². The van der Waals surface area contributed by atoms with E-state index >= 15 is 0 Å². The number of hydrogen-bond donors (Lipinski definition) is 0. The second-order valence-corrected chi connectivity index (χ2v) is 11.1. The van der Waals surface area contributed by atoms with Gasteiger partial charge in [-0.1, -0.05) is 137 Å². The third-order valence-electron chi connectivity index (χ3n) is 7.24. The molecule has 0 aromatic heterocycles. The zero-order valence-corrected chi connectivity index (χ0v) is 26.2. The molecule has 0 amide bonds. The molecule has 0 bridgehead atoms. The Balaban J connectivity index is 1.42. The van der Waals surface area contributed by atoms with Crippen molar-refractivity contribution in [2.45, 2.75) is 57.1 Å². The molecule has 1 heterocycles. The zero-order chi connectivity index (χ0) is 30.2. The van der Waals surface area contributed by atoms with Crippen molar-refractivity contribution in [2.75, 3.05) is 11.9 Å². The van der Waals surface area contributed by atoms with E-state index in [1.807, 2.05) is 127 Å². The molecular formula is C37H39BrO6. The average molecular weight is 660 g/mol. The smallest absolute Gasteiger partial charge is 0.228 e. The Kier molecular flexibility index (Phi) is 13.0. The highest BCUT2D eigenvalue weighted by atomic mass is 79.9. The molecule has 4 aromatic carbocycles. The fourth-order valence-electron chi connectivity index (χ4n) is 5.03. The molecule has 1 aliphatic heterocycles. The summed E-state index contributed by atoms with van der Waals surface area (Å²) in [5, 5.41) is 0.648. The van der Waals surface area contributed by atoms with Crippen molar-refractivity contribution in [2.24, 2.45) is 0 Å². The third kappa shape index (κ3) is 9.86. The van der Waals surface area contributed by atoms with Crippen molar-refractivity contribution in [1.82, 2.24) is 0 Å². The Bertz CT molecular complexity index is 1360. The molecule has 0 radical (unpaired) electrons. The first-order valence-electron chi connectivity index (χ1n) is 14.9. The summed E-state index contributed by atoms with van der Waals surface area (Å²) in [6, 6.07) is 40.3. The number of alkyl halides is 1. The van der Waals surface area contributed by atoms with Crippen molar-refractivity contribution in [1.29, 1.82) is 0 Å². The summed E-state index contributed by atoms with van der Waals surface area (Å²) in [6.45, 7) is 1.86. The lowest BCUT2D eigenvalue weighted by Gasteiger charge is -2.45. The molecule has 44 heavy (non-hydrogen) atoms. The lowest BCUT2D eigenvalue weighted by atomic mass is 9.97. The number of halogens is 1. The molecule has 230 valence electrons. The van der Waals surface area contributed by atoms with Crippen LogP contribution in [0.15, 0.2) is 134 Å². The molecule has 0 N–H and O–H groups in total. The molecular weight excluding hydrogens is 620 g/mol. The minimum absolute atomic E-state index is 0.285. The molecule has 5 atom stereocenters. The second-order valence-electron chi connectivity index (χ2n) is 10.5. The first kappa shape index (κ1) is 32.1. The maximum absolute atomic E-state index is 6.70. The molecule has 0 saturated carbocycles. The first-order chi connectivity index (χ1) is 21.8. The van der Waals surface area contributed by atoms with Gasteiger partial charge in [-0.25, -0.2) is 0 Å². The molecule has 1 saturated heterocycles. The number of ether oxygens (including phenoxy) is 6. The van der Waals surface area contributed by atoms with Gasteiger partial charge >= 0.3 is 0 Å². The summed E-state index contributed by atoms with van der Waals surface area (Å²) in [5.74, 6) is 0. The SMILES string of the molecule is BrC/C=C\OC1O[C@H](COCc2ccccc2)[C@H](OCc2ccccc2)[C@H](OCc2ccccc2)[C@H]1OCc1ccccc1. The van der Waals surface area contributed by atoms with Crippen LogP contribution in [0.5, 0.6) is 0 Å². The van der Waals surface area contributed by atoms with E-state index in [0.717, 1.165) is 22.3 Å². The summed E-state index contributed by atoms with van der Waals surface area (Å²) >= 11 is 3.43. The van der Waals surface area contributed by atoms with Crippen molar-refractivity contribution < 1.29 is 28.4 Å². The van der Waals surface area contributed by atoms with Gasteiger partial charge in [0.1, 0.15) is 24.4 Å². The highest BCUT2D eigenvalue weighted by Gasteiger charge is 2.49. The van der Waals surface area contributed by atoms with Gasteiger partial charge in [0.15, 0.2) is 0 Å². The number of rotatable bonds is 16. The van der Waals surface area contributed by atoms with Gasteiger partial charge in [-0.2, -0.15) is 0 Å². The standard InChI is InChI=1S/C37H39BrO6/c38-22-13-23-40-37-36(43-27-32-20-11-4-12-21-32)35(42-26-31-18-9-3-10-19-31)34(41-25-30-16-7-2-8-17-30)33(44-37)28-39-24-29-14-5-1-6-15-29/h1-21,23,33-37H,22,24-28H2/b23-13-/t33-,34+,35+,36-,37?/m1/s1. The van der Waals surface area contributed by atoms with Gasteiger partial charge in [-0.05, 0) is 28.3 Å². The average Bonchev–Trinajstić information content (AvgIpc) is 3.08. The van der Waals surface area contributed by atoms with Gasteiger partial charge in [0.25, 0.3) is 0 Å². The van der Waals surface area contributed by atoms with Crippen LogP contribution in [0.1, 0.15) is 22.3 Å². The maximum atomic E-state index is 6.70. The maximum Gasteiger partial charge on any atom is 0.228 e. The third-order valence-corrected chi connectivity index (χ3v) is 7.61. The molecule has 1 fully saturated rings. The lowest BCUT2D eigenvalue weighted by Crippen LogP contribution is -2.61. The predicted octanol–water partition coefficient (Wildman–Crippen LogP) is 7.61. The predicted molar refractivity (Wildman–Crippen MR) is 174 cm³/mol. The molecule has 1 aliphatic rings.